The largest absolute Gasteiger partial charge is 0.298 e. The Bertz CT molecular complexity index is 288. The molecule has 1 aromatic rings. The summed E-state index contributed by atoms with van der Waals surface area (Å²) in [5, 5.41) is 2.28. The quantitative estimate of drug-likeness (QED) is 0.814. The molecule has 0 aromatic carbocycles. The second-order valence-corrected chi connectivity index (χ2v) is 6.65. The predicted molar refractivity (Wildman–Crippen MR) is 66.6 cm³/mol. The van der Waals surface area contributed by atoms with Crippen LogP contribution in [0.5, 0.6) is 0 Å². The lowest BCUT2D eigenvalue weighted by Gasteiger charge is -2.19. The second kappa shape index (κ2) is 5.24. The zero-order valence-corrected chi connectivity index (χ0v) is 10.2. The van der Waals surface area contributed by atoms with Gasteiger partial charge in [-0.15, -0.1) is 23.1 Å². The van der Waals surface area contributed by atoms with Crippen LogP contribution in [0.3, 0.4) is 0 Å². The van der Waals surface area contributed by atoms with E-state index in [1.54, 1.807) is 11.3 Å². The molecule has 0 aliphatic carbocycles. The van der Waals surface area contributed by atoms with Crippen molar-refractivity contribution in [3.63, 3.8) is 0 Å². The van der Waals surface area contributed by atoms with Crippen LogP contribution in [0.25, 0.3) is 0 Å². The van der Waals surface area contributed by atoms with E-state index in [4.69, 9.17) is 0 Å². The molecule has 14 heavy (non-hydrogen) atoms. The zero-order valence-electron chi connectivity index (χ0n) is 7.77. The summed E-state index contributed by atoms with van der Waals surface area (Å²) in [7, 11) is 0. The fraction of sp³-hybridized carbons (Fsp3) is 0.500. The number of carbonyl (C=O) groups excluding carboxylic acids is 1. The molecule has 0 saturated carbocycles. The minimum Gasteiger partial charge on any atom is -0.298 e. The van der Waals surface area contributed by atoms with E-state index in [2.05, 4.69) is 0 Å². The Labute approximate surface area is 96.7 Å². The number of hydrogen-bond acceptors (Lipinski definition) is 4. The zero-order chi connectivity index (χ0) is 9.80. The molecule has 1 saturated heterocycles. The highest BCUT2D eigenvalue weighted by Crippen LogP contribution is 2.26. The van der Waals surface area contributed by atoms with Gasteiger partial charge in [-0.25, -0.2) is 0 Å². The number of thioether (sulfide) groups is 2. The number of Topliss-reactive ketones (excluding diaryl/α,β-unsaturated/α-hetero) is 1. The van der Waals surface area contributed by atoms with E-state index in [9.17, 15) is 4.79 Å². The third kappa shape index (κ3) is 2.78. The Kier molecular flexibility index (Phi) is 3.96. The molecule has 0 radical (unpaired) electrons. The molecule has 0 amide bonds. The Morgan fingerprint density at radius 3 is 3.07 bits per heavy atom. The molecule has 0 bridgehead atoms. The fourth-order valence-corrected chi connectivity index (χ4v) is 4.74. The van der Waals surface area contributed by atoms with E-state index >= 15 is 0 Å². The highest BCUT2D eigenvalue weighted by molar-refractivity contribution is 8.07. The number of rotatable bonds is 3. The third-order valence-electron chi connectivity index (χ3n) is 2.10. The molecular formula is C10H12OS3. The van der Waals surface area contributed by atoms with E-state index < -0.39 is 0 Å². The minimum absolute atomic E-state index is 0.246. The average Bonchev–Trinajstić information content (AvgIpc) is 2.72. The molecule has 2 rings (SSSR count). The number of hydrogen-bond donors (Lipinski definition) is 0. The van der Waals surface area contributed by atoms with Crippen LogP contribution in [0.4, 0.5) is 0 Å². The Balaban J connectivity index is 1.88. The first kappa shape index (κ1) is 10.6. The van der Waals surface area contributed by atoms with Gasteiger partial charge in [-0.05, 0) is 11.4 Å². The van der Waals surface area contributed by atoms with Gasteiger partial charge in [0.1, 0.15) is 0 Å². The molecule has 2 heterocycles. The van der Waals surface area contributed by atoms with E-state index in [0.717, 1.165) is 11.5 Å². The van der Waals surface area contributed by atoms with Gasteiger partial charge < -0.3 is 0 Å². The summed E-state index contributed by atoms with van der Waals surface area (Å²) in [4.78, 5) is 13.0. The normalized spacial score (nSPS) is 22.1. The smallest absolute Gasteiger partial charge is 0.151 e. The standard InChI is InChI=1S/C10H12OS3/c11-9(6-8-2-1-3-13-8)10-7-12-4-5-14-10/h1-3,10H,4-7H2. The third-order valence-corrected chi connectivity index (χ3v) is 5.78. The highest BCUT2D eigenvalue weighted by Gasteiger charge is 2.22. The molecular weight excluding hydrogens is 232 g/mol. The lowest BCUT2D eigenvalue weighted by molar-refractivity contribution is -0.117. The van der Waals surface area contributed by atoms with Crippen LogP contribution in [0.1, 0.15) is 4.88 Å². The molecule has 1 unspecified atom stereocenters. The van der Waals surface area contributed by atoms with Crippen LogP contribution in [-0.4, -0.2) is 28.3 Å². The Morgan fingerprint density at radius 2 is 2.43 bits per heavy atom. The van der Waals surface area contributed by atoms with Crippen molar-refractivity contribution >= 4 is 40.6 Å². The van der Waals surface area contributed by atoms with Crippen molar-refractivity contribution in [2.75, 3.05) is 17.3 Å². The number of ketones is 1. The maximum absolute atomic E-state index is 11.8. The van der Waals surface area contributed by atoms with Crippen molar-refractivity contribution in [1.82, 2.24) is 0 Å². The molecule has 1 atom stereocenters. The summed E-state index contributed by atoms with van der Waals surface area (Å²) < 4.78 is 0. The Morgan fingerprint density at radius 1 is 1.50 bits per heavy atom. The summed E-state index contributed by atoms with van der Waals surface area (Å²) >= 11 is 5.41. The predicted octanol–water partition coefficient (Wildman–Crippen LogP) is 2.71. The maximum Gasteiger partial charge on any atom is 0.151 e. The van der Waals surface area contributed by atoms with Gasteiger partial charge in [0.15, 0.2) is 5.78 Å². The summed E-state index contributed by atoms with van der Waals surface area (Å²) in [5.74, 6) is 3.75. The molecule has 4 heteroatoms. The SMILES string of the molecule is O=C(Cc1cccs1)C1CSCCS1. The average molecular weight is 244 g/mol. The van der Waals surface area contributed by atoms with Crippen LogP contribution in [0, 0.1) is 0 Å². The molecule has 0 N–H and O–H groups in total. The van der Waals surface area contributed by atoms with Gasteiger partial charge >= 0.3 is 0 Å². The van der Waals surface area contributed by atoms with Gasteiger partial charge in [0.05, 0.1) is 5.25 Å². The van der Waals surface area contributed by atoms with Crippen LogP contribution >= 0.6 is 34.9 Å². The van der Waals surface area contributed by atoms with Gasteiger partial charge in [-0.1, -0.05) is 6.07 Å². The molecule has 76 valence electrons. The number of thiophene rings is 1. The molecule has 1 aliphatic heterocycles. The van der Waals surface area contributed by atoms with Crippen molar-refractivity contribution in [3.05, 3.63) is 22.4 Å². The molecule has 1 aliphatic rings. The summed E-state index contributed by atoms with van der Waals surface area (Å²) in [6.45, 7) is 0. The first-order valence-corrected chi connectivity index (χ1v) is 7.69. The van der Waals surface area contributed by atoms with Crippen LogP contribution < -0.4 is 0 Å². The van der Waals surface area contributed by atoms with Crippen molar-refractivity contribution in [3.8, 4) is 0 Å². The Hall–Kier alpha value is 0.0700. The van der Waals surface area contributed by atoms with Crippen molar-refractivity contribution in [2.24, 2.45) is 0 Å². The molecule has 1 fully saturated rings. The van der Waals surface area contributed by atoms with Crippen LogP contribution in [0.15, 0.2) is 17.5 Å². The van der Waals surface area contributed by atoms with E-state index in [0.29, 0.717) is 12.2 Å². The van der Waals surface area contributed by atoms with Crippen LogP contribution in [0.2, 0.25) is 0 Å². The topological polar surface area (TPSA) is 17.1 Å². The first-order valence-electron chi connectivity index (χ1n) is 4.61. The van der Waals surface area contributed by atoms with Gasteiger partial charge in [-0.2, -0.15) is 11.8 Å². The van der Waals surface area contributed by atoms with E-state index in [1.807, 2.05) is 41.0 Å². The second-order valence-electron chi connectivity index (χ2n) is 3.16. The fourth-order valence-electron chi connectivity index (χ4n) is 1.37. The van der Waals surface area contributed by atoms with E-state index in [1.165, 1.54) is 10.6 Å². The molecule has 1 aromatic heterocycles. The monoisotopic (exact) mass is 244 g/mol. The van der Waals surface area contributed by atoms with Crippen molar-refractivity contribution in [2.45, 2.75) is 11.7 Å². The van der Waals surface area contributed by atoms with Crippen molar-refractivity contribution in [1.29, 1.82) is 0 Å². The lowest BCUT2D eigenvalue weighted by atomic mass is 10.2. The van der Waals surface area contributed by atoms with Crippen molar-refractivity contribution < 1.29 is 4.79 Å². The highest BCUT2D eigenvalue weighted by atomic mass is 32.2. The summed E-state index contributed by atoms with van der Waals surface area (Å²) in [6.07, 6.45) is 0.635. The maximum atomic E-state index is 11.8. The lowest BCUT2D eigenvalue weighted by Crippen LogP contribution is -2.25. The summed E-state index contributed by atoms with van der Waals surface area (Å²) in [5.41, 5.74) is 0. The van der Waals surface area contributed by atoms with Gasteiger partial charge in [0, 0.05) is 28.6 Å². The number of carbonyl (C=O) groups is 1. The van der Waals surface area contributed by atoms with Gasteiger partial charge in [0.25, 0.3) is 0 Å². The summed E-state index contributed by atoms with van der Waals surface area (Å²) in [6, 6.07) is 4.05. The van der Waals surface area contributed by atoms with Gasteiger partial charge in [-0.3, -0.25) is 4.79 Å². The minimum atomic E-state index is 0.246. The molecule has 1 nitrogen and oxygen atoms in total. The molecule has 0 spiro atoms. The first-order chi connectivity index (χ1) is 6.86. The van der Waals surface area contributed by atoms with Gasteiger partial charge in [0.2, 0.25) is 0 Å². The van der Waals surface area contributed by atoms with Crippen LogP contribution in [-0.2, 0) is 11.2 Å². The van der Waals surface area contributed by atoms with E-state index in [-0.39, 0.29) is 5.25 Å².